The molecule has 0 aliphatic carbocycles. The highest BCUT2D eigenvalue weighted by molar-refractivity contribution is 6.62. The van der Waals surface area contributed by atoms with E-state index in [0.29, 0.717) is 11.7 Å². The standard InChI is InChI=1S/C23H32BN3O3/c1-8-26(18-9-11-28-12-10-18)21-16(2)20(25-7)14-19-13-17(15-27(19)21)24-29-22(3,4)23(5,6)30-24/h13-15,18H,8-12H2,1-6H3. The summed E-state index contributed by atoms with van der Waals surface area (Å²) in [5.74, 6) is 1.09. The second-order valence-electron chi connectivity index (χ2n) is 9.38. The summed E-state index contributed by atoms with van der Waals surface area (Å²) in [6.07, 6.45) is 4.13. The molecule has 0 unspecified atom stereocenters. The normalized spacial score (nSPS) is 21.2. The fourth-order valence-electron chi connectivity index (χ4n) is 4.50. The van der Waals surface area contributed by atoms with E-state index in [4.69, 9.17) is 20.6 Å². The molecule has 2 aromatic rings. The monoisotopic (exact) mass is 409 g/mol. The average Bonchev–Trinajstić information content (AvgIpc) is 3.22. The van der Waals surface area contributed by atoms with Crippen LogP contribution in [0, 0.1) is 13.5 Å². The molecule has 0 aromatic carbocycles. The zero-order valence-corrected chi connectivity index (χ0v) is 19.0. The fourth-order valence-corrected chi connectivity index (χ4v) is 4.50. The molecule has 6 nitrogen and oxygen atoms in total. The first-order valence-electron chi connectivity index (χ1n) is 10.9. The van der Waals surface area contributed by atoms with Gasteiger partial charge in [-0.3, -0.25) is 0 Å². The van der Waals surface area contributed by atoms with Gasteiger partial charge in [0.2, 0.25) is 0 Å². The fraction of sp³-hybridized carbons (Fsp3) is 0.609. The summed E-state index contributed by atoms with van der Waals surface area (Å²) < 4.78 is 20.4. The highest BCUT2D eigenvalue weighted by Gasteiger charge is 2.52. The van der Waals surface area contributed by atoms with Gasteiger partial charge in [-0.15, -0.1) is 0 Å². The van der Waals surface area contributed by atoms with E-state index in [1.165, 1.54) is 0 Å². The Morgan fingerprint density at radius 1 is 1.17 bits per heavy atom. The maximum absolute atomic E-state index is 7.70. The van der Waals surface area contributed by atoms with E-state index in [1.54, 1.807) is 0 Å². The first-order valence-corrected chi connectivity index (χ1v) is 10.9. The van der Waals surface area contributed by atoms with Crippen LogP contribution >= 0.6 is 0 Å². The molecule has 4 heterocycles. The van der Waals surface area contributed by atoms with E-state index in [9.17, 15) is 0 Å². The van der Waals surface area contributed by atoms with Gasteiger partial charge in [0, 0.05) is 43.0 Å². The van der Waals surface area contributed by atoms with E-state index in [-0.39, 0.29) is 11.2 Å². The molecule has 2 saturated heterocycles. The lowest BCUT2D eigenvalue weighted by atomic mass is 9.81. The number of aromatic nitrogens is 1. The van der Waals surface area contributed by atoms with Crippen molar-refractivity contribution in [3.8, 4) is 0 Å². The number of hydrogen-bond acceptors (Lipinski definition) is 4. The quantitative estimate of drug-likeness (QED) is 0.563. The van der Waals surface area contributed by atoms with Crippen LogP contribution in [-0.4, -0.2) is 48.5 Å². The van der Waals surface area contributed by atoms with Gasteiger partial charge in [-0.2, -0.15) is 0 Å². The molecule has 0 amide bonds. The van der Waals surface area contributed by atoms with Crippen molar-refractivity contribution in [2.45, 2.75) is 71.6 Å². The summed E-state index contributed by atoms with van der Waals surface area (Å²) in [5.41, 5.74) is 2.92. The highest BCUT2D eigenvalue weighted by Crippen LogP contribution is 2.38. The Morgan fingerprint density at radius 2 is 1.80 bits per heavy atom. The van der Waals surface area contributed by atoms with Crippen molar-refractivity contribution in [2.75, 3.05) is 24.7 Å². The minimum atomic E-state index is -0.419. The van der Waals surface area contributed by atoms with Gasteiger partial charge in [0.1, 0.15) is 5.82 Å². The molecule has 0 saturated carbocycles. The van der Waals surface area contributed by atoms with Crippen molar-refractivity contribution >= 4 is 29.6 Å². The van der Waals surface area contributed by atoms with E-state index in [1.807, 2.05) is 6.07 Å². The third kappa shape index (κ3) is 3.41. The first-order chi connectivity index (χ1) is 14.2. The number of rotatable bonds is 4. The molecule has 7 heteroatoms. The number of hydrogen-bond donors (Lipinski definition) is 0. The van der Waals surface area contributed by atoms with Crippen molar-refractivity contribution in [2.24, 2.45) is 0 Å². The number of fused-ring (bicyclic) bond motifs is 1. The van der Waals surface area contributed by atoms with E-state index in [0.717, 1.165) is 55.0 Å². The van der Waals surface area contributed by atoms with Gasteiger partial charge in [-0.25, -0.2) is 4.85 Å². The van der Waals surface area contributed by atoms with Crippen LogP contribution in [0.1, 0.15) is 53.0 Å². The van der Waals surface area contributed by atoms with Crippen LogP contribution in [0.25, 0.3) is 10.4 Å². The minimum absolute atomic E-state index is 0.385. The summed E-state index contributed by atoms with van der Waals surface area (Å²) in [5, 5.41) is 0. The van der Waals surface area contributed by atoms with Crippen LogP contribution < -0.4 is 10.4 Å². The molecule has 30 heavy (non-hydrogen) atoms. The lowest BCUT2D eigenvalue weighted by molar-refractivity contribution is 0.00578. The van der Waals surface area contributed by atoms with Gasteiger partial charge in [0.05, 0.1) is 17.8 Å². The summed E-state index contributed by atoms with van der Waals surface area (Å²) in [7, 11) is -0.419. The van der Waals surface area contributed by atoms with Gasteiger partial charge < -0.3 is 23.3 Å². The Morgan fingerprint density at radius 3 is 2.37 bits per heavy atom. The molecule has 2 aliphatic heterocycles. The molecular weight excluding hydrogens is 377 g/mol. The Labute approximate surface area is 180 Å². The van der Waals surface area contributed by atoms with Gasteiger partial charge in [-0.1, -0.05) is 0 Å². The largest absolute Gasteiger partial charge is 0.496 e. The predicted molar refractivity (Wildman–Crippen MR) is 121 cm³/mol. The smallest absolute Gasteiger partial charge is 0.399 e. The summed E-state index contributed by atoms with van der Waals surface area (Å²) >= 11 is 0. The molecule has 160 valence electrons. The van der Waals surface area contributed by atoms with E-state index in [2.05, 4.69) is 68.0 Å². The van der Waals surface area contributed by atoms with Crippen molar-refractivity contribution in [3.63, 3.8) is 0 Å². The molecule has 0 bridgehead atoms. The second kappa shape index (κ2) is 7.60. The molecule has 0 spiro atoms. The molecular formula is C23H32BN3O3. The third-order valence-electron chi connectivity index (χ3n) is 6.99. The number of anilines is 1. The van der Waals surface area contributed by atoms with Crippen LogP contribution in [0.15, 0.2) is 18.3 Å². The first kappa shape index (κ1) is 21.2. The molecule has 4 rings (SSSR count). The van der Waals surface area contributed by atoms with Gasteiger partial charge >= 0.3 is 7.12 Å². The zero-order valence-electron chi connectivity index (χ0n) is 19.0. The number of pyridine rings is 1. The minimum Gasteiger partial charge on any atom is -0.399 e. The summed E-state index contributed by atoms with van der Waals surface area (Å²) in [6, 6.07) is 4.48. The summed E-state index contributed by atoms with van der Waals surface area (Å²) in [6.45, 7) is 22.7. The maximum Gasteiger partial charge on any atom is 0.496 e. The van der Waals surface area contributed by atoms with Crippen LogP contribution in [0.4, 0.5) is 11.5 Å². The van der Waals surface area contributed by atoms with E-state index < -0.39 is 7.12 Å². The molecule has 0 atom stereocenters. The molecule has 2 aliphatic rings. The molecule has 0 N–H and O–H groups in total. The van der Waals surface area contributed by atoms with Crippen molar-refractivity contribution < 1.29 is 14.0 Å². The third-order valence-corrected chi connectivity index (χ3v) is 6.99. The Balaban J connectivity index is 1.82. The molecule has 2 fully saturated rings. The van der Waals surface area contributed by atoms with Crippen LogP contribution in [0.2, 0.25) is 0 Å². The van der Waals surface area contributed by atoms with Gasteiger partial charge in [0.25, 0.3) is 0 Å². The van der Waals surface area contributed by atoms with E-state index >= 15 is 0 Å². The highest BCUT2D eigenvalue weighted by atomic mass is 16.7. The lowest BCUT2D eigenvalue weighted by Crippen LogP contribution is -2.41. The molecule has 0 radical (unpaired) electrons. The Hall–Kier alpha value is -2.01. The van der Waals surface area contributed by atoms with Gasteiger partial charge in [0.15, 0.2) is 5.69 Å². The number of ether oxygens (including phenoxy) is 1. The summed E-state index contributed by atoms with van der Waals surface area (Å²) in [4.78, 5) is 6.26. The van der Waals surface area contributed by atoms with Gasteiger partial charge in [-0.05, 0) is 72.1 Å². The average molecular weight is 409 g/mol. The number of nitrogens with zero attached hydrogens (tertiary/aromatic N) is 3. The van der Waals surface area contributed by atoms with Crippen molar-refractivity contribution in [1.29, 1.82) is 0 Å². The Kier molecular flexibility index (Phi) is 5.38. The predicted octanol–water partition coefficient (Wildman–Crippen LogP) is 4.10. The maximum atomic E-state index is 7.70. The van der Waals surface area contributed by atoms with Crippen molar-refractivity contribution in [1.82, 2.24) is 4.40 Å². The van der Waals surface area contributed by atoms with Crippen LogP contribution in [0.5, 0.6) is 0 Å². The van der Waals surface area contributed by atoms with Crippen LogP contribution in [-0.2, 0) is 14.0 Å². The topological polar surface area (TPSA) is 39.7 Å². The Bertz CT molecular complexity index is 970. The zero-order chi connectivity index (χ0) is 21.7. The SMILES string of the molecule is [C-]#[N+]c1cc2cc(B3OC(C)(C)C(C)(C)O3)cn2c(N(CC)C2CCOCC2)c1C. The lowest BCUT2D eigenvalue weighted by Gasteiger charge is -2.37. The van der Waals surface area contributed by atoms with Crippen LogP contribution in [0.3, 0.4) is 0 Å². The van der Waals surface area contributed by atoms with Crippen molar-refractivity contribution in [3.05, 3.63) is 35.3 Å². The second-order valence-corrected chi connectivity index (χ2v) is 9.38. The molecule has 2 aromatic heterocycles.